The van der Waals surface area contributed by atoms with Gasteiger partial charge in [-0.05, 0) is 17.7 Å². The molecule has 0 atom stereocenters. The van der Waals surface area contributed by atoms with Gasteiger partial charge in [-0.25, -0.2) is 8.42 Å². The number of halogens is 2. The van der Waals surface area contributed by atoms with E-state index in [9.17, 15) is 8.42 Å². The standard InChI is InChI=1S/C11H9Cl2NO2S/c12-6-3-7-8-5-17(15,16)2-1-10(8)14-11(7)9(13)4-6/h3-4,14H,1-2,5H2. The zero-order chi connectivity index (χ0) is 12.2. The second-order valence-electron chi connectivity index (χ2n) is 4.23. The fourth-order valence-electron chi connectivity index (χ4n) is 2.26. The van der Waals surface area contributed by atoms with Crippen molar-refractivity contribution in [1.29, 1.82) is 0 Å². The van der Waals surface area contributed by atoms with Crippen molar-refractivity contribution in [2.45, 2.75) is 12.2 Å². The molecule has 2 heterocycles. The van der Waals surface area contributed by atoms with Crippen LogP contribution in [-0.4, -0.2) is 19.2 Å². The van der Waals surface area contributed by atoms with E-state index >= 15 is 0 Å². The minimum Gasteiger partial charge on any atom is -0.357 e. The lowest BCUT2D eigenvalue weighted by Crippen LogP contribution is -2.18. The van der Waals surface area contributed by atoms with Crippen LogP contribution in [0.5, 0.6) is 0 Å². The van der Waals surface area contributed by atoms with E-state index in [1.54, 1.807) is 12.1 Å². The van der Waals surface area contributed by atoms with Crippen molar-refractivity contribution in [1.82, 2.24) is 4.98 Å². The van der Waals surface area contributed by atoms with Crippen LogP contribution in [0.1, 0.15) is 11.3 Å². The van der Waals surface area contributed by atoms with E-state index in [-0.39, 0.29) is 11.5 Å². The average molecular weight is 290 g/mol. The molecule has 1 N–H and O–H groups in total. The third kappa shape index (κ3) is 1.84. The van der Waals surface area contributed by atoms with E-state index in [0.717, 1.165) is 22.2 Å². The highest BCUT2D eigenvalue weighted by molar-refractivity contribution is 7.90. The Bertz CT molecular complexity index is 719. The van der Waals surface area contributed by atoms with E-state index < -0.39 is 9.84 Å². The molecule has 0 unspecified atom stereocenters. The fourth-order valence-corrected chi connectivity index (χ4v) is 4.23. The van der Waals surface area contributed by atoms with Gasteiger partial charge < -0.3 is 4.98 Å². The number of aromatic nitrogens is 1. The smallest absolute Gasteiger partial charge is 0.154 e. The van der Waals surface area contributed by atoms with Gasteiger partial charge in [-0.1, -0.05) is 23.2 Å². The second kappa shape index (κ2) is 3.64. The fraction of sp³-hybridized carbons (Fsp3) is 0.273. The minimum absolute atomic E-state index is 0.0685. The normalized spacial score (nSPS) is 18.2. The van der Waals surface area contributed by atoms with E-state index in [4.69, 9.17) is 23.2 Å². The van der Waals surface area contributed by atoms with E-state index in [1.807, 2.05) is 0 Å². The average Bonchev–Trinajstić information content (AvgIpc) is 2.55. The lowest BCUT2D eigenvalue weighted by atomic mass is 10.1. The van der Waals surface area contributed by atoms with Crippen LogP contribution in [0.4, 0.5) is 0 Å². The summed E-state index contributed by atoms with van der Waals surface area (Å²) in [6.45, 7) is 0. The second-order valence-corrected chi connectivity index (χ2v) is 7.26. The molecular weight excluding hydrogens is 281 g/mol. The predicted molar refractivity (Wildman–Crippen MR) is 69.5 cm³/mol. The molecule has 0 saturated heterocycles. The van der Waals surface area contributed by atoms with Crippen LogP contribution in [0, 0.1) is 0 Å². The zero-order valence-electron chi connectivity index (χ0n) is 8.76. The monoisotopic (exact) mass is 289 g/mol. The van der Waals surface area contributed by atoms with Crippen molar-refractivity contribution in [2.24, 2.45) is 0 Å². The molecular formula is C11H9Cl2NO2S. The van der Waals surface area contributed by atoms with Crippen LogP contribution >= 0.6 is 23.2 Å². The predicted octanol–water partition coefficient (Wildman–Crippen LogP) is 2.95. The first kappa shape index (κ1) is 11.4. The third-order valence-corrected chi connectivity index (χ3v) is 5.12. The van der Waals surface area contributed by atoms with Crippen LogP contribution in [0.2, 0.25) is 10.0 Å². The van der Waals surface area contributed by atoms with Gasteiger partial charge in [-0.2, -0.15) is 0 Å². The Labute approximate surface area is 109 Å². The summed E-state index contributed by atoms with van der Waals surface area (Å²) in [6.07, 6.45) is 0.514. The van der Waals surface area contributed by atoms with Crippen LogP contribution in [-0.2, 0) is 22.0 Å². The van der Waals surface area contributed by atoms with Gasteiger partial charge in [0.15, 0.2) is 9.84 Å². The summed E-state index contributed by atoms with van der Waals surface area (Å²) in [7, 11) is -2.99. The van der Waals surface area contributed by atoms with Crippen molar-refractivity contribution in [2.75, 3.05) is 5.75 Å². The Morgan fingerprint density at radius 3 is 2.76 bits per heavy atom. The van der Waals surface area contributed by atoms with Crippen LogP contribution < -0.4 is 0 Å². The first-order chi connectivity index (χ1) is 7.96. The molecule has 0 saturated carbocycles. The van der Waals surface area contributed by atoms with Gasteiger partial charge >= 0.3 is 0 Å². The van der Waals surface area contributed by atoms with Crippen molar-refractivity contribution in [3.05, 3.63) is 33.4 Å². The Balaban J connectivity index is 2.35. The Hall–Kier alpha value is -0.710. The molecule has 0 aliphatic carbocycles. The van der Waals surface area contributed by atoms with Gasteiger partial charge in [0, 0.05) is 22.5 Å². The van der Waals surface area contributed by atoms with Gasteiger partial charge in [0.05, 0.1) is 22.0 Å². The van der Waals surface area contributed by atoms with Gasteiger partial charge in [0.1, 0.15) is 0 Å². The molecule has 0 amide bonds. The van der Waals surface area contributed by atoms with Crippen molar-refractivity contribution < 1.29 is 8.42 Å². The Morgan fingerprint density at radius 1 is 1.24 bits per heavy atom. The molecule has 1 aliphatic heterocycles. The third-order valence-electron chi connectivity index (χ3n) is 3.05. The number of rotatable bonds is 0. The summed E-state index contributed by atoms with van der Waals surface area (Å²) >= 11 is 12.0. The quantitative estimate of drug-likeness (QED) is 0.811. The number of aromatic amines is 1. The highest BCUT2D eigenvalue weighted by Gasteiger charge is 2.25. The summed E-state index contributed by atoms with van der Waals surface area (Å²) in [6, 6.07) is 3.42. The van der Waals surface area contributed by atoms with E-state index in [1.165, 1.54) is 0 Å². The summed E-state index contributed by atoms with van der Waals surface area (Å²) in [5.74, 6) is 0.261. The lowest BCUT2D eigenvalue weighted by Gasteiger charge is -2.11. The molecule has 3 nitrogen and oxygen atoms in total. The number of aryl methyl sites for hydroxylation is 1. The van der Waals surface area contributed by atoms with E-state index in [0.29, 0.717) is 16.5 Å². The molecule has 1 aromatic carbocycles. The van der Waals surface area contributed by atoms with Gasteiger partial charge in [0.2, 0.25) is 0 Å². The highest BCUT2D eigenvalue weighted by Crippen LogP contribution is 2.34. The summed E-state index contributed by atoms with van der Waals surface area (Å²) in [5.41, 5.74) is 2.55. The molecule has 0 spiro atoms. The maximum Gasteiger partial charge on any atom is 0.154 e. The molecule has 90 valence electrons. The number of nitrogens with one attached hydrogen (secondary N) is 1. The lowest BCUT2D eigenvalue weighted by molar-refractivity contribution is 0.591. The molecule has 0 bridgehead atoms. The highest BCUT2D eigenvalue weighted by atomic mass is 35.5. The first-order valence-electron chi connectivity index (χ1n) is 5.15. The maximum absolute atomic E-state index is 11.6. The topological polar surface area (TPSA) is 49.9 Å². The van der Waals surface area contributed by atoms with Crippen LogP contribution in [0.15, 0.2) is 12.1 Å². The van der Waals surface area contributed by atoms with Crippen LogP contribution in [0.25, 0.3) is 10.9 Å². The van der Waals surface area contributed by atoms with Crippen molar-refractivity contribution >= 4 is 43.9 Å². The van der Waals surface area contributed by atoms with Gasteiger partial charge in [-0.3, -0.25) is 0 Å². The maximum atomic E-state index is 11.6. The molecule has 6 heteroatoms. The zero-order valence-corrected chi connectivity index (χ0v) is 11.1. The largest absolute Gasteiger partial charge is 0.357 e. The van der Waals surface area contributed by atoms with E-state index in [2.05, 4.69) is 4.98 Å². The Morgan fingerprint density at radius 2 is 2.00 bits per heavy atom. The molecule has 2 aromatic rings. The summed E-state index contributed by atoms with van der Waals surface area (Å²) in [4.78, 5) is 3.19. The molecule has 1 aromatic heterocycles. The molecule has 0 radical (unpaired) electrons. The minimum atomic E-state index is -2.99. The van der Waals surface area contributed by atoms with Crippen LogP contribution in [0.3, 0.4) is 0 Å². The number of hydrogen-bond acceptors (Lipinski definition) is 2. The molecule has 0 fully saturated rings. The number of sulfone groups is 1. The van der Waals surface area contributed by atoms with Crippen molar-refractivity contribution in [3.63, 3.8) is 0 Å². The molecule has 17 heavy (non-hydrogen) atoms. The number of hydrogen-bond donors (Lipinski definition) is 1. The first-order valence-corrected chi connectivity index (χ1v) is 7.73. The molecule has 3 rings (SSSR count). The summed E-state index contributed by atoms with van der Waals surface area (Å²) in [5, 5.41) is 1.87. The Kier molecular flexibility index (Phi) is 2.44. The SMILES string of the molecule is O=S1(=O)CCc2[nH]c3c(Cl)cc(Cl)cc3c2C1. The summed E-state index contributed by atoms with van der Waals surface area (Å²) < 4.78 is 23.3. The van der Waals surface area contributed by atoms with Gasteiger partial charge in [-0.15, -0.1) is 0 Å². The number of fused-ring (bicyclic) bond motifs is 3. The number of benzene rings is 1. The van der Waals surface area contributed by atoms with Crippen molar-refractivity contribution in [3.8, 4) is 0 Å². The molecule has 1 aliphatic rings. The number of H-pyrrole nitrogens is 1. The van der Waals surface area contributed by atoms with Gasteiger partial charge in [0.25, 0.3) is 0 Å².